The molecule has 2 unspecified atom stereocenters. The zero-order chi connectivity index (χ0) is 15.5. The number of hydrogen-bond acceptors (Lipinski definition) is 0. The summed E-state index contributed by atoms with van der Waals surface area (Å²) in [7, 11) is 2.47. The van der Waals surface area contributed by atoms with Crippen molar-refractivity contribution < 1.29 is 0 Å². The van der Waals surface area contributed by atoms with E-state index in [-0.39, 0.29) is 0 Å². The van der Waals surface area contributed by atoms with E-state index in [0.29, 0.717) is 0 Å². The maximum atomic E-state index is 2.67. The van der Waals surface area contributed by atoms with Crippen LogP contribution in [0.4, 0.5) is 0 Å². The molecule has 1 aliphatic carbocycles. The highest BCUT2D eigenvalue weighted by Gasteiger charge is 2.26. The highest BCUT2D eigenvalue weighted by atomic mass is 14.3. The summed E-state index contributed by atoms with van der Waals surface area (Å²) in [6.07, 6.45) is 19.7. The van der Waals surface area contributed by atoms with E-state index in [1.807, 2.05) is 5.57 Å². The summed E-state index contributed by atoms with van der Waals surface area (Å²) in [5.74, 6) is 2.70. The molecule has 0 aliphatic heterocycles. The van der Waals surface area contributed by atoms with Crippen LogP contribution in [0.25, 0.3) is 0 Å². The fourth-order valence-corrected chi connectivity index (χ4v) is 4.03. The molecule has 0 bridgehead atoms. The van der Waals surface area contributed by atoms with Crippen LogP contribution in [0.3, 0.4) is 0 Å². The molecule has 3 atom stereocenters. The van der Waals surface area contributed by atoms with E-state index in [2.05, 4.69) is 34.7 Å². The summed E-state index contributed by atoms with van der Waals surface area (Å²) in [5, 5.41) is 0. The van der Waals surface area contributed by atoms with E-state index in [4.69, 9.17) is 0 Å². The Morgan fingerprint density at radius 1 is 0.952 bits per heavy atom. The average molecular weight is 290 g/mol. The number of rotatable bonds is 11. The fraction of sp³-hybridized carbons (Fsp3) is 0.900. The van der Waals surface area contributed by atoms with Gasteiger partial charge in [0.2, 0.25) is 0 Å². The fourth-order valence-electron chi connectivity index (χ4n) is 4.03. The lowest BCUT2D eigenvalue weighted by molar-refractivity contribution is 0.338. The third-order valence-electron chi connectivity index (χ3n) is 5.57. The first kappa shape index (κ1) is 18.9. The van der Waals surface area contributed by atoms with Crippen molar-refractivity contribution >= 4 is 7.85 Å². The Labute approximate surface area is 135 Å². The molecule has 0 aromatic carbocycles. The Hall–Kier alpha value is -0.195. The van der Waals surface area contributed by atoms with E-state index < -0.39 is 0 Å². The Morgan fingerprint density at radius 3 is 2.24 bits per heavy atom. The average Bonchev–Trinajstić information content (AvgIpc) is 2.49. The van der Waals surface area contributed by atoms with E-state index in [0.717, 1.165) is 17.7 Å². The van der Waals surface area contributed by atoms with Gasteiger partial charge in [0.25, 0.3) is 0 Å². The van der Waals surface area contributed by atoms with Crippen LogP contribution >= 0.6 is 0 Å². The molecule has 0 amide bonds. The molecule has 0 fully saturated rings. The van der Waals surface area contributed by atoms with Crippen LogP contribution in [0.1, 0.15) is 97.8 Å². The first-order chi connectivity index (χ1) is 10.2. The van der Waals surface area contributed by atoms with Crippen molar-refractivity contribution in [1.29, 1.82) is 0 Å². The van der Waals surface area contributed by atoms with Crippen LogP contribution in [-0.4, -0.2) is 7.85 Å². The molecule has 0 radical (unpaired) electrons. The van der Waals surface area contributed by atoms with Gasteiger partial charge in [-0.3, -0.25) is 0 Å². The number of allylic oxidation sites excluding steroid dienone is 2. The molecule has 122 valence electrons. The van der Waals surface area contributed by atoms with Gasteiger partial charge in [0.15, 0.2) is 0 Å². The van der Waals surface area contributed by atoms with E-state index in [9.17, 15) is 0 Å². The van der Waals surface area contributed by atoms with Crippen molar-refractivity contribution in [3.8, 4) is 0 Å². The summed E-state index contributed by atoms with van der Waals surface area (Å²) in [4.78, 5) is 0. The van der Waals surface area contributed by atoms with Gasteiger partial charge in [-0.15, -0.1) is 0 Å². The van der Waals surface area contributed by atoms with Crippen molar-refractivity contribution in [1.82, 2.24) is 0 Å². The van der Waals surface area contributed by atoms with Gasteiger partial charge in [0, 0.05) is 0 Å². The van der Waals surface area contributed by atoms with Crippen LogP contribution in [-0.2, 0) is 0 Å². The molecule has 0 saturated heterocycles. The minimum absolute atomic E-state index is 0.829. The van der Waals surface area contributed by atoms with Crippen molar-refractivity contribution in [2.45, 2.75) is 104 Å². The molecule has 0 N–H and O–H groups in total. The third kappa shape index (κ3) is 7.07. The minimum atomic E-state index is 0.829. The Bertz CT molecular complexity index is 282. The van der Waals surface area contributed by atoms with Crippen LogP contribution in [0, 0.1) is 11.8 Å². The van der Waals surface area contributed by atoms with Crippen molar-refractivity contribution in [3.05, 3.63) is 11.6 Å². The molecule has 0 aromatic rings. The SMILES string of the molecule is BC1C=C(CCCCCC)[C@H](CC)CC1CCCCCC. The largest absolute Gasteiger partial charge is 0.110 e. The van der Waals surface area contributed by atoms with Gasteiger partial charge in [0.1, 0.15) is 7.85 Å². The smallest absolute Gasteiger partial charge is 0.0896 e. The molecule has 0 saturated carbocycles. The lowest BCUT2D eigenvalue weighted by atomic mass is 9.64. The quantitative estimate of drug-likeness (QED) is 0.237. The second kappa shape index (κ2) is 11.4. The van der Waals surface area contributed by atoms with E-state index in [1.165, 1.54) is 77.0 Å². The predicted molar refractivity (Wildman–Crippen MR) is 99.8 cm³/mol. The van der Waals surface area contributed by atoms with Crippen LogP contribution in [0.5, 0.6) is 0 Å². The molecule has 0 heterocycles. The molecule has 1 aliphatic rings. The summed E-state index contributed by atoms with van der Waals surface area (Å²) in [6, 6.07) is 0. The summed E-state index contributed by atoms with van der Waals surface area (Å²) in [5.41, 5.74) is 1.81. The maximum Gasteiger partial charge on any atom is 0.110 e. The summed E-state index contributed by atoms with van der Waals surface area (Å²) >= 11 is 0. The summed E-state index contributed by atoms with van der Waals surface area (Å²) in [6.45, 7) is 7.01. The highest BCUT2D eigenvalue weighted by Crippen LogP contribution is 2.41. The molecule has 1 heteroatoms. The zero-order valence-corrected chi connectivity index (χ0v) is 15.3. The highest BCUT2D eigenvalue weighted by molar-refractivity contribution is 6.13. The zero-order valence-electron chi connectivity index (χ0n) is 15.3. The Balaban J connectivity index is 2.42. The summed E-state index contributed by atoms with van der Waals surface area (Å²) < 4.78 is 0. The lowest BCUT2D eigenvalue weighted by Crippen LogP contribution is -2.21. The van der Waals surface area contributed by atoms with Gasteiger partial charge >= 0.3 is 0 Å². The van der Waals surface area contributed by atoms with Gasteiger partial charge in [-0.05, 0) is 43.3 Å². The van der Waals surface area contributed by atoms with Crippen LogP contribution < -0.4 is 0 Å². The molecule has 0 nitrogen and oxygen atoms in total. The lowest BCUT2D eigenvalue weighted by Gasteiger charge is -2.34. The van der Waals surface area contributed by atoms with Gasteiger partial charge < -0.3 is 0 Å². The first-order valence-electron chi connectivity index (χ1n) is 9.93. The van der Waals surface area contributed by atoms with Gasteiger partial charge in [0.05, 0.1) is 0 Å². The third-order valence-corrected chi connectivity index (χ3v) is 5.57. The molecule has 1 rings (SSSR count). The Morgan fingerprint density at radius 2 is 1.62 bits per heavy atom. The minimum Gasteiger partial charge on any atom is -0.0896 e. The molecular weight excluding hydrogens is 251 g/mol. The van der Waals surface area contributed by atoms with Gasteiger partial charge in [-0.1, -0.05) is 83.8 Å². The monoisotopic (exact) mass is 290 g/mol. The molecule has 0 spiro atoms. The predicted octanol–water partition coefficient (Wildman–Crippen LogP) is 6.32. The Kier molecular flexibility index (Phi) is 10.2. The molecule has 21 heavy (non-hydrogen) atoms. The number of unbranched alkanes of at least 4 members (excludes halogenated alkanes) is 6. The van der Waals surface area contributed by atoms with Crippen LogP contribution in [0.2, 0.25) is 5.82 Å². The standard InChI is InChI=1S/C20H39B/c1-4-7-9-11-13-18-16-20(21)19(15-17(18)6-3)14-12-10-8-5-2/h16-17,19-20H,4-15,21H2,1-3H3/t17-,19?,20?/m1/s1. The number of hydrogen-bond donors (Lipinski definition) is 0. The van der Waals surface area contributed by atoms with Crippen molar-refractivity contribution in [2.75, 3.05) is 0 Å². The van der Waals surface area contributed by atoms with E-state index in [1.54, 1.807) is 0 Å². The molecular formula is C20H39B. The normalized spacial score (nSPS) is 25.9. The van der Waals surface area contributed by atoms with Crippen molar-refractivity contribution in [2.24, 2.45) is 11.8 Å². The van der Waals surface area contributed by atoms with E-state index >= 15 is 0 Å². The van der Waals surface area contributed by atoms with Gasteiger partial charge in [-0.25, -0.2) is 0 Å². The van der Waals surface area contributed by atoms with Crippen molar-refractivity contribution in [3.63, 3.8) is 0 Å². The second-order valence-corrected chi connectivity index (χ2v) is 7.36. The van der Waals surface area contributed by atoms with Gasteiger partial charge in [-0.2, -0.15) is 0 Å². The van der Waals surface area contributed by atoms with Crippen LogP contribution in [0.15, 0.2) is 11.6 Å². The first-order valence-corrected chi connectivity index (χ1v) is 9.93. The second-order valence-electron chi connectivity index (χ2n) is 7.36. The maximum absolute atomic E-state index is 2.67. The molecule has 0 aromatic heterocycles. The topological polar surface area (TPSA) is 0 Å².